The van der Waals surface area contributed by atoms with Crippen molar-refractivity contribution >= 4 is 53.9 Å². The van der Waals surface area contributed by atoms with Crippen LogP contribution in [0.15, 0.2) is 27.4 Å². The fraction of sp³-hybridized carbons (Fsp3) is 0.125. The van der Waals surface area contributed by atoms with Gasteiger partial charge in [-0.05, 0) is 31.9 Å². The van der Waals surface area contributed by atoms with Gasteiger partial charge in [0.2, 0.25) is 0 Å². The molecule has 0 aliphatic carbocycles. The summed E-state index contributed by atoms with van der Waals surface area (Å²) in [5.41, 5.74) is 1.12. The lowest BCUT2D eigenvalue weighted by molar-refractivity contribution is 1.28. The van der Waals surface area contributed by atoms with Gasteiger partial charge in [-0.1, -0.05) is 28.1 Å². The van der Waals surface area contributed by atoms with Gasteiger partial charge in [-0.2, -0.15) is 0 Å². The normalized spacial score (nSPS) is 10.9. The van der Waals surface area contributed by atoms with Crippen molar-refractivity contribution in [3.63, 3.8) is 0 Å². The van der Waals surface area contributed by atoms with Gasteiger partial charge in [-0.3, -0.25) is 4.98 Å². The van der Waals surface area contributed by atoms with Gasteiger partial charge >= 0.3 is 0 Å². The monoisotopic (exact) mass is 353 g/mol. The molecule has 64 valence electrons. The van der Waals surface area contributed by atoms with Crippen molar-refractivity contribution in [2.75, 3.05) is 5.33 Å². The molecule has 0 atom stereocenters. The predicted octanol–water partition coefficient (Wildman–Crippen LogP) is 4.01. The molecule has 0 saturated heterocycles. The SMILES string of the molecule is BrCC=Cc1c(Br)cncc1Br. The molecular formula is C8H6Br3N. The van der Waals surface area contributed by atoms with Crippen LogP contribution >= 0.6 is 47.8 Å². The lowest BCUT2D eigenvalue weighted by Crippen LogP contribution is -1.81. The Morgan fingerprint density at radius 3 is 2.33 bits per heavy atom. The minimum absolute atomic E-state index is 0.855. The molecular weight excluding hydrogens is 350 g/mol. The molecule has 0 aromatic carbocycles. The summed E-state index contributed by atoms with van der Waals surface area (Å²) in [5, 5.41) is 0.855. The number of rotatable bonds is 2. The number of hydrogen-bond acceptors (Lipinski definition) is 1. The van der Waals surface area contributed by atoms with Crippen molar-refractivity contribution in [2.45, 2.75) is 0 Å². The fourth-order valence-electron chi connectivity index (χ4n) is 0.743. The summed E-state index contributed by atoms with van der Waals surface area (Å²) in [7, 11) is 0. The zero-order chi connectivity index (χ0) is 8.97. The van der Waals surface area contributed by atoms with Gasteiger partial charge in [0.1, 0.15) is 0 Å². The average Bonchev–Trinajstić information content (AvgIpc) is 2.04. The lowest BCUT2D eigenvalue weighted by Gasteiger charge is -1.99. The van der Waals surface area contributed by atoms with Crippen LogP contribution in [0.3, 0.4) is 0 Å². The van der Waals surface area contributed by atoms with Crippen molar-refractivity contribution in [3.8, 4) is 0 Å². The second kappa shape index (κ2) is 5.14. The first-order valence-electron chi connectivity index (χ1n) is 3.27. The molecule has 0 unspecified atom stereocenters. The first-order valence-corrected chi connectivity index (χ1v) is 5.98. The molecule has 1 heterocycles. The third-order valence-electron chi connectivity index (χ3n) is 1.26. The van der Waals surface area contributed by atoms with Crippen molar-refractivity contribution in [1.82, 2.24) is 4.98 Å². The molecule has 0 aliphatic rings. The predicted molar refractivity (Wildman–Crippen MR) is 62.5 cm³/mol. The molecule has 0 aliphatic heterocycles. The van der Waals surface area contributed by atoms with E-state index in [1.165, 1.54) is 0 Å². The van der Waals surface area contributed by atoms with Crippen LogP contribution in [0.5, 0.6) is 0 Å². The fourth-order valence-corrected chi connectivity index (χ4v) is 2.12. The summed E-state index contributed by atoms with van der Waals surface area (Å²) < 4.78 is 1.99. The third kappa shape index (κ3) is 2.68. The number of halogens is 3. The third-order valence-corrected chi connectivity index (χ3v) is 2.90. The van der Waals surface area contributed by atoms with Gasteiger partial charge in [-0.25, -0.2) is 0 Å². The maximum absolute atomic E-state index is 4.01. The molecule has 0 spiro atoms. The van der Waals surface area contributed by atoms with E-state index in [4.69, 9.17) is 0 Å². The molecule has 1 rings (SSSR count). The van der Waals surface area contributed by atoms with Gasteiger partial charge < -0.3 is 0 Å². The number of pyridine rings is 1. The van der Waals surface area contributed by atoms with Crippen LogP contribution in [0.1, 0.15) is 5.56 Å². The van der Waals surface area contributed by atoms with Gasteiger partial charge in [0.15, 0.2) is 0 Å². The molecule has 0 radical (unpaired) electrons. The summed E-state index contributed by atoms with van der Waals surface area (Å²) in [6, 6.07) is 0. The van der Waals surface area contributed by atoms with Gasteiger partial charge in [-0.15, -0.1) is 0 Å². The van der Waals surface area contributed by atoms with E-state index in [1.807, 2.05) is 12.2 Å². The lowest BCUT2D eigenvalue weighted by atomic mass is 10.2. The van der Waals surface area contributed by atoms with E-state index in [0.29, 0.717) is 0 Å². The molecule has 0 amide bonds. The van der Waals surface area contributed by atoms with Crippen molar-refractivity contribution in [2.24, 2.45) is 0 Å². The Morgan fingerprint density at radius 1 is 1.25 bits per heavy atom. The molecule has 4 heteroatoms. The summed E-state index contributed by atoms with van der Waals surface area (Å²) in [5.74, 6) is 0. The first kappa shape index (κ1) is 10.4. The second-order valence-corrected chi connectivity index (χ2v) is 4.43. The van der Waals surface area contributed by atoms with Crippen LogP contribution < -0.4 is 0 Å². The number of allylic oxidation sites excluding steroid dienone is 1. The molecule has 12 heavy (non-hydrogen) atoms. The van der Waals surface area contributed by atoms with Crippen LogP contribution in [0, 0.1) is 0 Å². The Labute approximate surface area is 96.7 Å². The van der Waals surface area contributed by atoms with Crippen LogP contribution in [-0.2, 0) is 0 Å². The van der Waals surface area contributed by atoms with Crippen LogP contribution in [0.4, 0.5) is 0 Å². The highest BCUT2D eigenvalue weighted by Gasteiger charge is 1.99. The van der Waals surface area contributed by atoms with E-state index >= 15 is 0 Å². The molecule has 0 N–H and O–H groups in total. The number of alkyl halides is 1. The average molecular weight is 356 g/mol. The van der Waals surface area contributed by atoms with E-state index in [9.17, 15) is 0 Å². The van der Waals surface area contributed by atoms with Gasteiger partial charge in [0.05, 0.1) is 0 Å². The quantitative estimate of drug-likeness (QED) is 0.730. The zero-order valence-corrected chi connectivity index (χ0v) is 10.9. The van der Waals surface area contributed by atoms with E-state index in [2.05, 4.69) is 52.8 Å². The molecule has 0 fully saturated rings. The summed E-state index contributed by atoms with van der Waals surface area (Å²) in [6.45, 7) is 0. The summed E-state index contributed by atoms with van der Waals surface area (Å²) in [4.78, 5) is 4.01. The number of nitrogens with zero attached hydrogens (tertiary/aromatic N) is 1. The molecule has 1 nitrogen and oxygen atoms in total. The summed E-state index contributed by atoms with van der Waals surface area (Å²) in [6.07, 6.45) is 7.62. The minimum Gasteiger partial charge on any atom is -0.262 e. The molecule has 1 aromatic heterocycles. The Morgan fingerprint density at radius 2 is 1.83 bits per heavy atom. The number of hydrogen-bond donors (Lipinski definition) is 0. The maximum atomic E-state index is 4.01. The highest BCUT2D eigenvalue weighted by Crippen LogP contribution is 2.24. The van der Waals surface area contributed by atoms with E-state index in [0.717, 1.165) is 19.8 Å². The second-order valence-electron chi connectivity index (χ2n) is 2.07. The highest BCUT2D eigenvalue weighted by molar-refractivity contribution is 9.11. The van der Waals surface area contributed by atoms with E-state index in [1.54, 1.807) is 12.4 Å². The van der Waals surface area contributed by atoms with E-state index < -0.39 is 0 Å². The summed E-state index contributed by atoms with van der Waals surface area (Å²) >= 11 is 10.2. The van der Waals surface area contributed by atoms with Crippen molar-refractivity contribution < 1.29 is 0 Å². The topological polar surface area (TPSA) is 12.9 Å². The minimum atomic E-state index is 0.855. The van der Waals surface area contributed by atoms with Crippen LogP contribution in [0.2, 0.25) is 0 Å². The van der Waals surface area contributed by atoms with Crippen molar-refractivity contribution in [3.05, 3.63) is 33.0 Å². The Hall–Kier alpha value is 0.330. The highest BCUT2D eigenvalue weighted by atomic mass is 79.9. The Kier molecular flexibility index (Phi) is 4.46. The standard InChI is InChI=1S/C8H6Br3N/c9-3-1-2-6-7(10)4-12-5-8(6)11/h1-2,4-5H,3H2. The molecule has 0 bridgehead atoms. The largest absolute Gasteiger partial charge is 0.262 e. The number of aromatic nitrogens is 1. The van der Waals surface area contributed by atoms with E-state index in [-0.39, 0.29) is 0 Å². The van der Waals surface area contributed by atoms with Crippen molar-refractivity contribution in [1.29, 1.82) is 0 Å². The van der Waals surface area contributed by atoms with Gasteiger partial charge in [0.25, 0.3) is 0 Å². The Balaban J connectivity index is 3.04. The first-order chi connectivity index (χ1) is 5.75. The Bertz CT molecular complexity index is 276. The maximum Gasteiger partial charge on any atom is 0.0442 e. The van der Waals surface area contributed by atoms with Gasteiger partial charge in [0, 0.05) is 32.2 Å². The smallest absolute Gasteiger partial charge is 0.0442 e. The zero-order valence-electron chi connectivity index (χ0n) is 6.10. The van der Waals surface area contributed by atoms with Crippen LogP contribution in [0.25, 0.3) is 6.08 Å². The molecule has 0 saturated carbocycles. The molecule has 1 aromatic rings. The van der Waals surface area contributed by atoms with Crippen LogP contribution in [-0.4, -0.2) is 10.3 Å².